The second-order valence-corrected chi connectivity index (χ2v) is 4.73. The van der Waals surface area contributed by atoms with Crippen molar-refractivity contribution in [1.82, 2.24) is 5.32 Å². The van der Waals surface area contributed by atoms with Crippen LogP contribution in [0.4, 0.5) is 0 Å². The highest BCUT2D eigenvalue weighted by Gasteiger charge is 2.27. The van der Waals surface area contributed by atoms with Crippen molar-refractivity contribution in [2.24, 2.45) is 5.92 Å². The molecule has 0 heterocycles. The first-order valence-corrected chi connectivity index (χ1v) is 6.62. The average Bonchev–Trinajstić information content (AvgIpc) is 2.21. The summed E-state index contributed by atoms with van der Waals surface area (Å²) in [7, 11) is 0. The molecule has 1 N–H and O–H groups in total. The van der Waals surface area contributed by atoms with E-state index in [-0.39, 0.29) is 17.8 Å². The van der Waals surface area contributed by atoms with Crippen LogP contribution in [0.1, 0.15) is 52.4 Å². The highest BCUT2D eigenvalue weighted by molar-refractivity contribution is 5.85. The predicted molar refractivity (Wildman–Crippen MR) is 65.4 cm³/mol. The van der Waals surface area contributed by atoms with E-state index in [1.54, 1.807) is 6.92 Å². The molecule has 0 aromatic heterocycles. The van der Waals surface area contributed by atoms with Crippen molar-refractivity contribution in [3.8, 4) is 0 Å². The number of hydrogen-bond donors (Lipinski definition) is 1. The molecule has 1 saturated carbocycles. The summed E-state index contributed by atoms with van der Waals surface area (Å²) in [5.41, 5.74) is 0. The summed E-state index contributed by atoms with van der Waals surface area (Å²) in [4.78, 5) is 23.1. The van der Waals surface area contributed by atoms with Crippen LogP contribution in [0.5, 0.6) is 0 Å². The number of esters is 1. The van der Waals surface area contributed by atoms with Gasteiger partial charge in [0.15, 0.2) is 0 Å². The van der Waals surface area contributed by atoms with Gasteiger partial charge in [0.05, 0.1) is 6.61 Å². The van der Waals surface area contributed by atoms with Gasteiger partial charge >= 0.3 is 5.97 Å². The quantitative estimate of drug-likeness (QED) is 0.548. The molecule has 0 bridgehead atoms. The number of unbranched alkanes of at least 4 members (excludes halogenated alkanes) is 2. The van der Waals surface area contributed by atoms with Gasteiger partial charge in [-0.2, -0.15) is 0 Å². The third-order valence-electron chi connectivity index (χ3n) is 3.18. The molecule has 1 atom stereocenters. The standard InChI is InChI=1S/C13H23NO3/c1-3-4-5-9-17-13(16)10(2)14-12(15)11-7-6-8-11/h10-11H,3-9H2,1-2H3,(H,14,15). The van der Waals surface area contributed by atoms with Crippen LogP contribution in [0.2, 0.25) is 0 Å². The summed E-state index contributed by atoms with van der Waals surface area (Å²) in [6, 6.07) is -0.523. The Balaban J connectivity index is 2.14. The Labute approximate surface area is 103 Å². The third-order valence-corrected chi connectivity index (χ3v) is 3.18. The maximum atomic E-state index is 11.6. The SMILES string of the molecule is CCCCCOC(=O)C(C)NC(=O)C1CCC1. The van der Waals surface area contributed by atoms with E-state index in [1.165, 1.54) is 0 Å². The number of carbonyl (C=O) groups excluding carboxylic acids is 2. The Kier molecular flexibility index (Phi) is 6.01. The Bertz CT molecular complexity index is 261. The van der Waals surface area contributed by atoms with Gasteiger partial charge in [0.2, 0.25) is 5.91 Å². The monoisotopic (exact) mass is 241 g/mol. The molecule has 1 fully saturated rings. The predicted octanol–water partition coefficient (Wildman–Crippen LogP) is 2.02. The van der Waals surface area contributed by atoms with E-state index in [0.717, 1.165) is 38.5 Å². The minimum atomic E-state index is -0.523. The summed E-state index contributed by atoms with van der Waals surface area (Å²) >= 11 is 0. The first-order chi connectivity index (χ1) is 8.15. The summed E-state index contributed by atoms with van der Waals surface area (Å²) in [5, 5.41) is 2.71. The highest BCUT2D eigenvalue weighted by atomic mass is 16.5. The van der Waals surface area contributed by atoms with E-state index in [2.05, 4.69) is 12.2 Å². The van der Waals surface area contributed by atoms with Crippen LogP contribution in [0.3, 0.4) is 0 Å². The molecule has 0 spiro atoms. The van der Waals surface area contributed by atoms with Gasteiger partial charge < -0.3 is 10.1 Å². The maximum Gasteiger partial charge on any atom is 0.328 e. The van der Waals surface area contributed by atoms with Crippen molar-refractivity contribution in [3.05, 3.63) is 0 Å². The second kappa shape index (κ2) is 7.30. The molecule has 0 aliphatic heterocycles. The van der Waals surface area contributed by atoms with E-state index in [4.69, 9.17) is 4.74 Å². The fourth-order valence-electron chi connectivity index (χ4n) is 1.71. The minimum absolute atomic E-state index is 0.00532. The van der Waals surface area contributed by atoms with Crippen LogP contribution in [0, 0.1) is 5.92 Å². The lowest BCUT2D eigenvalue weighted by Crippen LogP contribution is -2.44. The van der Waals surface area contributed by atoms with Gasteiger partial charge in [0, 0.05) is 5.92 Å². The normalized spacial score (nSPS) is 17.1. The lowest BCUT2D eigenvalue weighted by Gasteiger charge is -2.25. The average molecular weight is 241 g/mol. The topological polar surface area (TPSA) is 55.4 Å². The van der Waals surface area contributed by atoms with Crippen molar-refractivity contribution in [3.63, 3.8) is 0 Å². The van der Waals surface area contributed by atoms with Crippen molar-refractivity contribution in [2.45, 2.75) is 58.4 Å². The van der Waals surface area contributed by atoms with Crippen LogP contribution in [0.15, 0.2) is 0 Å². The Hall–Kier alpha value is -1.06. The molecule has 0 saturated heterocycles. The van der Waals surface area contributed by atoms with E-state index in [9.17, 15) is 9.59 Å². The van der Waals surface area contributed by atoms with Gasteiger partial charge in [-0.15, -0.1) is 0 Å². The molecule has 4 heteroatoms. The molecule has 1 rings (SSSR count). The summed E-state index contributed by atoms with van der Waals surface area (Å²) in [5.74, 6) is -0.214. The highest BCUT2D eigenvalue weighted by Crippen LogP contribution is 2.26. The number of amides is 1. The van der Waals surface area contributed by atoms with E-state index >= 15 is 0 Å². The van der Waals surface area contributed by atoms with E-state index in [1.807, 2.05) is 0 Å². The number of nitrogens with one attached hydrogen (secondary N) is 1. The molecule has 1 unspecified atom stereocenters. The van der Waals surface area contributed by atoms with Gasteiger partial charge in [0.25, 0.3) is 0 Å². The van der Waals surface area contributed by atoms with Crippen molar-refractivity contribution in [2.75, 3.05) is 6.61 Å². The lowest BCUT2D eigenvalue weighted by molar-refractivity contribution is -0.148. The van der Waals surface area contributed by atoms with Gasteiger partial charge in [-0.05, 0) is 26.2 Å². The summed E-state index contributed by atoms with van der Waals surface area (Å²) in [6.45, 7) is 4.23. The second-order valence-electron chi connectivity index (χ2n) is 4.73. The number of ether oxygens (including phenoxy) is 1. The lowest BCUT2D eigenvalue weighted by atomic mass is 9.84. The van der Waals surface area contributed by atoms with E-state index < -0.39 is 6.04 Å². The summed E-state index contributed by atoms with van der Waals surface area (Å²) in [6.07, 6.45) is 6.08. The Morgan fingerprint density at radius 2 is 2.06 bits per heavy atom. The van der Waals surface area contributed by atoms with Crippen molar-refractivity contribution >= 4 is 11.9 Å². The molecular weight excluding hydrogens is 218 g/mol. The first-order valence-electron chi connectivity index (χ1n) is 6.62. The molecule has 0 radical (unpaired) electrons. The van der Waals surface area contributed by atoms with Crippen LogP contribution >= 0.6 is 0 Å². The third kappa shape index (κ3) is 4.75. The maximum absolute atomic E-state index is 11.6. The fraction of sp³-hybridized carbons (Fsp3) is 0.846. The first kappa shape index (κ1) is 14.0. The van der Waals surface area contributed by atoms with Crippen molar-refractivity contribution in [1.29, 1.82) is 0 Å². The zero-order valence-electron chi connectivity index (χ0n) is 10.8. The molecule has 1 amide bonds. The number of rotatable bonds is 7. The van der Waals surface area contributed by atoms with E-state index in [0.29, 0.717) is 6.61 Å². The van der Waals surface area contributed by atoms with Gasteiger partial charge in [-0.1, -0.05) is 26.2 Å². The van der Waals surface area contributed by atoms with Crippen molar-refractivity contribution < 1.29 is 14.3 Å². The van der Waals surface area contributed by atoms with Crippen LogP contribution in [-0.4, -0.2) is 24.5 Å². The molecule has 0 aromatic carbocycles. The number of hydrogen-bond acceptors (Lipinski definition) is 3. The Morgan fingerprint density at radius 1 is 1.35 bits per heavy atom. The molecule has 1 aliphatic rings. The van der Waals surface area contributed by atoms with Crippen LogP contribution in [0.25, 0.3) is 0 Å². The van der Waals surface area contributed by atoms with Crippen LogP contribution in [-0.2, 0) is 14.3 Å². The molecule has 0 aromatic rings. The fourth-order valence-corrected chi connectivity index (χ4v) is 1.71. The van der Waals surface area contributed by atoms with Crippen LogP contribution < -0.4 is 5.32 Å². The molecule has 17 heavy (non-hydrogen) atoms. The minimum Gasteiger partial charge on any atom is -0.464 e. The van der Waals surface area contributed by atoms with Gasteiger partial charge in [-0.3, -0.25) is 4.79 Å². The number of carbonyl (C=O) groups is 2. The van der Waals surface area contributed by atoms with Gasteiger partial charge in [-0.25, -0.2) is 4.79 Å². The smallest absolute Gasteiger partial charge is 0.328 e. The molecule has 4 nitrogen and oxygen atoms in total. The molecule has 98 valence electrons. The summed E-state index contributed by atoms with van der Waals surface area (Å²) < 4.78 is 5.08. The Morgan fingerprint density at radius 3 is 2.59 bits per heavy atom. The molecule has 1 aliphatic carbocycles. The molecular formula is C13H23NO3. The zero-order valence-corrected chi connectivity index (χ0v) is 10.8. The largest absolute Gasteiger partial charge is 0.464 e. The zero-order chi connectivity index (χ0) is 12.7. The van der Waals surface area contributed by atoms with Gasteiger partial charge in [0.1, 0.15) is 6.04 Å².